The molecule has 1 aromatic carbocycles. The fourth-order valence-electron chi connectivity index (χ4n) is 4.18. The predicted octanol–water partition coefficient (Wildman–Crippen LogP) is 6.07. The number of carbonyl (C=O) groups is 1. The summed E-state index contributed by atoms with van der Waals surface area (Å²) in [7, 11) is 0. The van der Waals surface area contributed by atoms with Crippen molar-refractivity contribution in [2.45, 2.75) is 25.3 Å². The molecule has 5 nitrogen and oxygen atoms in total. The summed E-state index contributed by atoms with van der Waals surface area (Å²) in [6, 6.07) is 14.7. The zero-order valence-electron chi connectivity index (χ0n) is 15.6. The van der Waals surface area contributed by atoms with Gasteiger partial charge in [-0.1, -0.05) is 15.9 Å². The second-order valence-corrected chi connectivity index (χ2v) is 8.20. The predicted molar refractivity (Wildman–Crippen MR) is 113 cm³/mol. The first-order chi connectivity index (χ1) is 14.2. The van der Waals surface area contributed by atoms with E-state index in [-0.39, 0.29) is 17.9 Å². The Kier molecular flexibility index (Phi) is 4.72. The highest BCUT2D eigenvalue weighted by Crippen LogP contribution is 2.45. The largest absolute Gasteiger partial charge is 0.467 e. The van der Waals surface area contributed by atoms with E-state index in [0.29, 0.717) is 5.56 Å². The summed E-state index contributed by atoms with van der Waals surface area (Å²) in [4.78, 5) is 13.4. The molecule has 3 heterocycles. The van der Waals surface area contributed by atoms with Crippen LogP contribution in [0.4, 0.5) is 0 Å². The molecular formula is C23H19BrN2O3. The smallest absolute Gasteiger partial charge is 0.274 e. The van der Waals surface area contributed by atoms with E-state index in [1.54, 1.807) is 17.5 Å². The van der Waals surface area contributed by atoms with E-state index in [1.807, 2.05) is 54.6 Å². The molecule has 2 atom stereocenters. The SMILES string of the molecule is O=C(c1ccc(Br)cc1)N1N=C2/C(=C/c3ccco3)CCC[C@H]2[C@@H]1c1ccco1. The van der Waals surface area contributed by atoms with Gasteiger partial charge in [0.1, 0.15) is 17.6 Å². The van der Waals surface area contributed by atoms with Crippen LogP contribution >= 0.6 is 15.9 Å². The normalized spacial score (nSPS) is 22.6. The fraction of sp³-hybridized carbons (Fsp3) is 0.217. The van der Waals surface area contributed by atoms with Crippen LogP contribution in [0.15, 0.2) is 85.0 Å². The number of benzene rings is 1. The molecule has 2 aliphatic rings. The Morgan fingerprint density at radius 2 is 1.90 bits per heavy atom. The van der Waals surface area contributed by atoms with Crippen molar-refractivity contribution in [3.05, 3.63) is 88.2 Å². The van der Waals surface area contributed by atoms with Crippen molar-refractivity contribution in [1.29, 1.82) is 0 Å². The average Bonchev–Trinajstić information content (AvgIpc) is 3.48. The number of hydrogen-bond donors (Lipinski definition) is 0. The summed E-state index contributed by atoms with van der Waals surface area (Å²) in [6.07, 6.45) is 8.27. The molecule has 0 N–H and O–H groups in total. The molecule has 0 spiro atoms. The van der Waals surface area contributed by atoms with Crippen molar-refractivity contribution in [3.63, 3.8) is 0 Å². The zero-order chi connectivity index (χ0) is 19.8. The fourth-order valence-corrected chi connectivity index (χ4v) is 4.44. The van der Waals surface area contributed by atoms with Crippen molar-refractivity contribution in [2.24, 2.45) is 11.0 Å². The van der Waals surface area contributed by atoms with E-state index >= 15 is 0 Å². The van der Waals surface area contributed by atoms with E-state index in [0.717, 1.165) is 46.5 Å². The monoisotopic (exact) mass is 450 g/mol. The summed E-state index contributed by atoms with van der Waals surface area (Å²) < 4.78 is 12.2. The number of furan rings is 2. The number of halogens is 1. The van der Waals surface area contributed by atoms with Crippen molar-refractivity contribution >= 4 is 33.6 Å². The first-order valence-corrected chi connectivity index (χ1v) is 10.5. The maximum absolute atomic E-state index is 13.4. The van der Waals surface area contributed by atoms with Crippen molar-refractivity contribution in [1.82, 2.24) is 5.01 Å². The van der Waals surface area contributed by atoms with E-state index in [1.165, 1.54) is 0 Å². The lowest BCUT2D eigenvalue weighted by Crippen LogP contribution is -2.31. The standard InChI is InChI=1S/C23H19BrN2O3/c24-17-10-8-15(9-11-17)23(27)26-22(20-7-3-13-29-20)19-6-1-4-16(21(19)25-26)14-18-5-2-12-28-18/h2-3,5,7-14,19,22H,1,4,6H2/b16-14+/t19-,22-/m1/s1. The Labute approximate surface area is 176 Å². The second kappa shape index (κ2) is 7.52. The van der Waals surface area contributed by atoms with Gasteiger partial charge in [-0.25, -0.2) is 5.01 Å². The highest BCUT2D eigenvalue weighted by molar-refractivity contribution is 9.10. The van der Waals surface area contributed by atoms with E-state index in [2.05, 4.69) is 15.9 Å². The minimum absolute atomic E-state index is 0.107. The van der Waals surface area contributed by atoms with E-state index < -0.39 is 0 Å². The maximum atomic E-state index is 13.4. The van der Waals surface area contributed by atoms with Crippen LogP contribution in [0.1, 0.15) is 47.2 Å². The van der Waals surface area contributed by atoms with Gasteiger partial charge in [0, 0.05) is 16.0 Å². The molecule has 0 unspecified atom stereocenters. The summed E-state index contributed by atoms with van der Waals surface area (Å²) in [5, 5.41) is 6.43. The topological polar surface area (TPSA) is 59.0 Å². The molecule has 29 heavy (non-hydrogen) atoms. The number of hydrazone groups is 1. The Hall–Kier alpha value is -2.86. The van der Waals surface area contributed by atoms with Crippen LogP contribution < -0.4 is 0 Å². The molecule has 1 aliphatic carbocycles. The van der Waals surface area contributed by atoms with Crippen LogP contribution in [0, 0.1) is 5.92 Å². The molecule has 0 bridgehead atoms. The van der Waals surface area contributed by atoms with Gasteiger partial charge in [-0.15, -0.1) is 0 Å². The molecule has 3 aromatic rings. The van der Waals surface area contributed by atoms with Crippen LogP contribution in [0.3, 0.4) is 0 Å². The van der Waals surface area contributed by atoms with Gasteiger partial charge in [0.05, 0.1) is 18.2 Å². The van der Waals surface area contributed by atoms with Crippen LogP contribution in [0.2, 0.25) is 0 Å². The lowest BCUT2D eigenvalue weighted by molar-refractivity contribution is 0.0656. The number of fused-ring (bicyclic) bond motifs is 1. The number of allylic oxidation sites excluding steroid dienone is 1. The van der Waals surface area contributed by atoms with Crippen LogP contribution in [-0.4, -0.2) is 16.6 Å². The molecule has 1 aliphatic heterocycles. The lowest BCUT2D eigenvalue weighted by atomic mass is 9.79. The summed E-state index contributed by atoms with van der Waals surface area (Å²) >= 11 is 3.42. The number of amides is 1. The van der Waals surface area contributed by atoms with Gasteiger partial charge in [-0.05, 0) is 79.4 Å². The van der Waals surface area contributed by atoms with E-state index in [9.17, 15) is 4.79 Å². The van der Waals surface area contributed by atoms with Gasteiger partial charge in [0.2, 0.25) is 0 Å². The molecule has 6 heteroatoms. The minimum Gasteiger partial charge on any atom is -0.467 e. The first kappa shape index (κ1) is 18.2. The average molecular weight is 451 g/mol. The molecule has 1 amide bonds. The van der Waals surface area contributed by atoms with Gasteiger partial charge in [0.25, 0.3) is 5.91 Å². The van der Waals surface area contributed by atoms with Crippen molar-refractivity contribution in [3.8, 4) is 0 Å². The Balaban J connectivity index is 1.56. The van der Waals surface area contributed by atoms with Crippen LogP contribution in [-0.2, 0) is 0 Å². The first-order valence-electron chi connectivity index (χ1n) is 9.66. The molecule has 2 aromatic heterocycles. The van der Waals surface area contributed by atoms with Gasteiger partial charge in [-0.3, -0.25) is 4.79 Å². The molecule has 5 rings (SSSR count). The summed E-state index contributed by atoms with van der Waals surface area (Å²) in [5.74, 6) is 1.54. The third-order valence-corrected chi connectivity index (χ3v) is 6.02. The van der Waals surface area contributed by atoms with Crippen LogP contribution in [0.25, 0.3) is 6.08 Å². The van der Waals surface area contributed by atoms with Gasteiger partial charge >= 0.3 is 0 Å². The summed E-state index contributed by atoms with van der Waals surface area (Å²) in [6.45, 7) is 0. The highest BCUT2D eigenvalue weighted by atomic mass is 79.9. The maximum Gasteiger partial charge on any atom is 0.274 e. The van der Waals surface area contributed by atoms with Crippen molar-refractivity contribution in [2.75, 3.05) is 0 Å². The Morgan fingerprint density at radius 1 is 1.10 bits per heavy atom. The van der Waals surface area contributed by atoms with E-state index in [4.69, 9.17) is 13.9 Å². The lowest BCUT2D eigenvalue weighted by Gasteiger charge is -2.27. The van der Waals surface area contributed by atoms with Gasteiger partial charge < -0.3 is 8.83 Å². The zero-order valence-corrected chi connectivity index (χ0v) is 17.2. The third-order valence-electron chi connectivity index (χ3n) is 5.50. The molecule has 146 valence electrons. The number of rotatable bonds is 3. The Bertz CT molecular complexity index is 1070. The minimum atomic E-state index is -0.239. The van der Waals surface area contributed by atoms with Gasteiger partial charge in [0.15, 0.2) is 0 Å². The third kappa shape index (κ3) is 3.38. The van der Waals surface area contributed by atoms with Crippen LogP contribution in [0.5, 0.6) is 0 Å². The van der Waals surface area contributed by atoms with Crippen molar-refractivity contribution < 1.29 is 13.6 Å². The number of hydrogen-bond acceptors (Lipinski definition) is 4. The number of nitrogens with zero attached hydrogens (tertiary/aromatic N) is 2. The molecular weight excluding hydrogens is 432 g/mol. The molecule has 0 radical (unpaired) electrons. The molecule has 1 fully saturated rings. The molecule has 1 saturated carbocycles. The van der Waals surface area contributed by atoms with Gasteiger partial charge in [-0.2, -0.15) is 5.10 Å². The summed E-state index contributed by atoms with van der Waals surface area (Å²) in [5.41, 5.74) is 2.68. The second-order valence-electron chi connectivity index (χ2n) is 7.29. The highest BCUT2D eigenvalue weighted by Gasteiger charge is 2.45. The number of carbonyl (C=O) groups excluding carboxylic acids is 1. The molecule has 0 saturated heterocycles. The quantitative estimate of drug-likeness (QED) is 0.486. The Morgan fingerprint density at radius 3 is 2.62 bits per heavy atom.